The molecule has 2 unspecified atom stereocenters. The van der Waals surface area contributed by atoms with Crippen LogP contribution in [0.25, 0.3) is 0 Å². The fourth-order valence-electron chi connectivity index (χ4n) is 3.27. The number of rotatable bonds is 4. The van der Waals surface area contributed by atoms with Gasteiger partial charge in [-0.3, -0.25) is 4.79 Å². The molecule has 0 spiro atoms. The molecule has 0 saturated carbocycles. The third-order valence-corrected chi connectivity index (χ3v) is 6.04. The maximum Gasteiger partial charge on any atom is 0.270 e. The summed E-state index contributed by atoms with van der Waals surface area (Å²) in [6.45, 7) is 4.33. The maximum atomic E-state index is 12.5. The van der Waals surface area contributed by atoms with E-state index in [0.717, 1.165) is 45.3 Å². The van der Waals surface area contributed by atoms with Gasteiger partial charge in [-0.25, -0.2) is 13.1 Å². The van der Waals surface area contributed by atoms with Crippen molar-refractivity contribution >= 4 is 28.3 Å². The fourth-order valence-corrected chi connectivity index (χ4v) is 4.55. The number of nitrogens with one attached hydrogen (secondary N) is 3. The zero-order valence-corrected chi connectivity index (χ0v) is 15.4. The first kappa shape index (κ1) is 19.2. The van der Waals surface area contributed by atoms with Gasteiger partial charge in [-0.1, -0.05) is 0 Å². The van der Waals surface area contributed by atoms with Gasteiger partial charge in [0.25, 0.3) is 5.91 Å². The van der Waals surface area contributed by atoms with Gasteiger partial charge in [0.15, 0.2) is 0 Å². The predicted octanol–water partition coefficient (Wildman–Crippen LogP) is 1.09. The average molecular weight is 377 g/mol. The van der Waals surface area contributed by atoms with Crippen molar-refractivity contribution in [1.29, 1.82) is 0 Å². The van der Waals surface area contributed by atoms with Crippen molar-refractivity contribution in [1.82, 2.24) is 19.9 Å². The minimum Gasteiger partial charge on any atom is -0.356 e. The van der Waals surface area contributed by atoms with Crippen molar-refractivity contribution in [3.05, 3.63) is 18.0 Å². The summed E-state index contributed by atoms with van der Waals surface area (Å²) in [5.74, 6) is -0.126. The quantitative estimate of drug-likeness (QED) is 0.733. The van der Waals surface area contributed by atoms with Gasteiger partial charge >= 0.3 is 0 Å². The highest BCUT2D eigenvalue weighted by Crippen LogP contribution is 2.17. The molecule has 0 aliphatic carbocycles. The third kappa shape index (κ3) is 4.30. The monoisotopic (exact) mass is 376 g/mol. The molecule has 7 nitrogen and oxygen atoms in total. The molecule has 2 aliphatic heterocycles. The second-order valence-electron chi connectivity index (χ2n) is 6.45. The van der Waals surface area contributed by atoms with Crippen LogP contribution in [0.1, 0.15) is 43.1 Å². The number of carbonyl (C=O) groups is 1. The van der Waals surface area contributed by atoms with Crippen LogP contribution in [0, 0.1) is 0 Å². The van der Waals surface area contributed by atoms with Gasteiger partial charge < -0.3 is 15.2 Å². The number of likely N-dealkylation sites (tertiary alicyclic amines) is 1. The summed E-state index contributed by atoms with van der Waals surface area (Å²) in [5, 5.41) is 3.30. The minimum atomic E-state index is -3.60. The van der Waals surface area contributed by atoms with Crippen molar-refractivity contribution in [3.63, 3.8) is 0 Å². The molecule has 2 atom stereocenters. The largest absolute Gasteiger partial charge is 0.356 e. The minimum absolute atomic E-state index is 0. The first-order valence-electron chi connectivity index (χ1n) is 8.19. The van der Waals surface area contributed by atoms with Gasteiger partial charge in [0.1, 0.15) is 10.6 Å². The number of halogens is 1. The first-order chi connectivity index (χ1) is 11.0. The van der Waals surface area contributed by atoms with Crippen LogP contribution in [0.4, 0.5) is 0 Å². The smallest absolute Gasteiger partial charge is 0.270 e. The SMILES string of the molecule is CC1CC(NS(=O)(=O)c2c[nH]c(C(=O)N3CCCC3)c2)CCN1.Cl. The zero-order chi connectivity index (χ0) is 16.4. The van der Waals surface area contributed by atoms with Crippen LogP contribution < -0.4 is 10.0 Å². The number of amides is 1. The van der Waals surface area contributed by atoms with Crippen LogP contribution in [0.3, 0.4) is 0 Å². The van der Waals surface area contributed by atoms with E-state index in [4.69, 9.17) is 0 Å². The molecule has 1 aromatic rings. The lowest BCUT2D eigenvalue weighted by atomic mass is 10.0. The number of sulfonamides is 1. The van der Waals surface area contributed by atoms with E-state index in [1.54, 1.807) is 4.90 Å². The number of hydrogen-bond acceptors (Lipinski definition) is 4. The van der Waals surface area contributed by atoms with E-state index in [1.165, 1.54) is 12.3 Å². The Hall–Kier alpha value is -1.09. The molecule has 9 heteroatoms. The highest BCUT2D eigenvalue weighted by atomic mass is 35.5. The molecule has 2 saturated heterocycles. The van der Waals surface area contributed by atoms with E-state index >= 15 is 0 Å². The molecular weight excluding hydrogens is 352 g/mol. The Bertz CT molecular complexity index is 670. The van der Waals surface area contributed by atoms with Crippen LogP contribution in [0.5, 0.6) is 0 Å². The first-order valence-corrected chi connectivity index (χ1v) is 9.67. The van der Waals surface area contributed by atoms with Gasteiger partial charge in [-0.05, 0) is 45.2 Å². The molecule has 24 heavy (non-hydrogen) atoms. The van der Waals surface area contributed by atoms with Gasteiger partial charge in [0.05, 0.1) is 0 Å². The second-order valence-corrected chi connectivity index (χ2v) is 8.16. The summed E-state index contributed by atoms with van der Waals surface area (Å²) in [6.07, 6.45) is 4.95. The van der Waals surface area contributed by atoms with Gasteiger partial charge in [-0.2, -0.15) is 0 Å². The predicted molar refractivity (Wildman–Crippen MR) is 94.0 cm³/mol. The molecule has 2 fully saturated rings. The highest BCUT2D eigenvalue weighted by molar-refractivity contribution is 7.89. The van der Waals surface area contributed by atoms with E-state index in [1.807, 2.05) is 6.92 Å². The molecule has 0 bridgehead atoms. The number of hydrogen-bond donors (Lipinski definition) is 3. The van der Waals surface area contributed by atoms with Crippen LogP contribution in [0.15, 0.2) is 17.2 Å². The number of aromatic nitrogens is 1. The third-order valence-electron chi connectivity index (χ3n) is 4.54. The summed E-state index contributed by atoms with van der Waals surface area (Å²) < 4.78 is 27.7. The number of carbonyl (C=O) groups excluding carboxylic acids is 1. The van der Waals surface area contributed by atoms with Crippen LogP contribution in [-0.2, 0) is 10.0 Å². The fraction of sp³-hybridized carbons (Fsp3) is 0.667. The van der Waals surface area contributed by atoms with E-state index in [0.29, 0.717) is 11.7 Å². The number of aromatic amines is 1. The summed E-state index contributed by atoms with van der Waals surface area (Å²) in [6, 6.07) is 1.67. The standard InChI is InChI=1S/C15H24N4O3S.ClH/c1-11-8-12(4-5-16-11)18-23(21,22)13-9-14(17-10-13)15(20)19-6-2-3-7-19;/h9-12,16-18H,2-8H2,1H3;1H. The highest BCUT2D eigenvalue weighted by Gasteiger charge is 2.27. The molecule has 0 radical (unpaired) electrons. The number of piperidine rings is 1. The lowest BCUT2D eigenvalue weighted by Crippen LogP contribution is -2.46. The lowest BCUT2D eigenvalue weighted by Gasteiger charge is -2.28. The Morgan fingerprint density at radius 1 is 1.33 bits per heavy atom. The topological polar surface area (TPSA) is 94.3 Å². The van der Waals surface area contributed by atoms with E-state index in [-0.39, 0.29) is 29.3 Å². The summed E-state index contributed by atoms with van der Waals surface area (Å²) >= 11 is 0. The maximum absolute atomic E-state index is 12.5. The van der Waals surface area contributed by atoms with Crippen molar-refractivity contribution in [2.75, 3.05) is 19.6 Å². The normalized spacial score (nSPS) is 24.6. The molecule has 0 aromatic carbocycles. The molecular formula is C15H25ClN4O3S. The van der Waals surface area contributed by atoms with Crippen molar-refractivity contribution in [3.8, 4) is 0 Å². The van der Waals surface area contributed by atoms with Crippen LogP contribution in [-0.4, -0.2) is 55.9 Å². The molecule has 1 aromatic heterocycles. The Kier molecular flexibility index (Phi) is 6.30. The van der Waals surface area contributed by atoms with Gasteiger partial charge in [0, 0.05) is 31.4 Å². The second kappa shape index (κ2) is 7.86. The molecule has 136 valence electrons. The van der Waals surface area contributed by atoms with Gasteiger partial charge in [-0.15, -0.1) is 12.4 Å². The molecule has 1 amide bonds. The Morgan fingerprint density at radius 3 is 2.71 bits per heavy atom. The number of nitrogens with zero attached hydrogens (tertiary/aromatic N) is 1. The Morgan fingerprint density at radius 2 is 2.04 bits per heavy atom. The van der Waals surface area contributed by atoms with E-state index in [2.05, 4.69) is 15.0 Å². The Labute approximate surface area is 149 Å². The molecule has 3 heterocycles. The molecule has 2 aliphatic rings. The van der Waals surface area contributed by atoms with Crippen LogP contribution >= 0.6 is 12.4 Å². The summed E-state index contributed by atoms with van der Waals surface area (Å²) in [7, 11) is -3.60. The van der Waals surface area contributed by atoms with Crippen molar-refractivity contribution in [2.24, 2.45) is 0 Å². The molecule has 3 rings (SSSR count). The number of H-pyrrole nitrogens is 1. The van der Waals surface area contributed by atoms with Gasteiger partial charge in [0.2, 0.25) is 10.0 Å². The van der Waals surface area contributed by atoms with Crippen LogP contribution in [0.2, 0.25) is 0 Å². The summed E-state index contributed by atoms with van der Waals surface area (Å²) in [4.78, 5) is 17.0. The van der Waals surface area contributed by atoms with Crippen molar-refractivity contribution in [2.45, 2.75) is 49.6 Å². The summed E-state index contributed by atoms with van der Waals surface area (Å²) in [5.41, 5.74) is 0.339. The molecule has 3 N–H and O–H groups in total. The zero-order valence-electron chi connectivity index (χ0n) is 13.7. The average Bonchev–Trinajstić information content (AvgIpc) is 3.18. The van der Waals surface area contributed by atoms with Crippen molar-refractivity contribution < 1.29 is 13.2 Å². The van der Waals surface area contributed by atoms with E-state index < -0.39 is 10.0 Å². The lowest BCUT2D eigenvalue weighted by molar-refractivity contribution is 0.0787. The van der Waals surface area contributed by atoms with E-state index in [9.17, 15) is 13.2 Å². The Balaban J connectivity index is 0.00000208.